The van der Waals surface area contributed by atoms with Crippen LogP contribution in [0.15, 0.2) is 42.6 Å². The van der Waals surface area contributed by atoms with Crippen LogP contribution in [-0.2, 0) is 0 Å². The molecule has 0 bridgehead atoms. The van der Waals surface area contributed by atoms with Gasteiger partial charge in [-0.05, 0) is 18.2 Å². The minimum absolute atomic E-state index is 0.0140. The van der Waals surface area contributed by atoms with Crippen LogP contribution in [-0.4, -0.2) is 31.3 Å². The SMILES string of the molecule is CC1SCC(C(N)c2ccnn2-c2ccccc2)SC1C. The molecule has 21 heavy (non-hydrogen) atoms. The maximum atomic E-state index is 6.56. The van der Waals surface area contributed by atoms with Crippen LogP contribution in [0.5, 0.6) is 0 Å². The second kappa shape index (κ2) is 6.46. The molecule has 1 saturated heterocycles. The summed E-state index contributed by atoms with van der Waals surface area (Å²) in [4.78, 5) is 0. The van der Waals surface area contributed by atoms with E-state index >= 15 is 0 Å². The Bertz CT molecular complexity index is 584. The predicted molar refractivity (Wildman–Crippen MR) is 93.3 cm³/mol. The summed E-state index contributed by atoms with van der Waals surface area (Å²) in [6.07, 6.45) is 1.84. The fraction of sp³-hybridized carbons (Fsp3) is 0.438. The lowest BCUT2D eigenvalue weighted by Crippen LogP contribution is -2.35. The number of benzene rings is 1. The molecule has 2 heterocycles. The van der Waals surface area contributed by atoms with Gasteiger partial charge in [-0.15, -0.1) is 0 Å². The largest absolute Gasteiger partial charge is 0.322 e. The Hall–Kier alpha value is -0.910. The first-order chi connectivity index (χ1) is 10.2. The van der Waals surface area contributed by atoms with Crippen molar-refractivity contribution >= 4 is 23.5 Å². The van der Waals surface area contributed by atoms with Crippen LogP contribution in [0, 0.1) is 0 Å². The lowest BCUT2D eigenvalue weighted by Gasteiger charge is -2.34. The predicted octanol–water partition coefficient (Wildman–Crippen LogP) is 3.50. The molecule has 0 saturated carbocycles. The maximum absolute atomic E-state index is 6.56. The number of aromatic nitrogens is 2. The van der Waals surface area contributed by atoms with Gasteiger partial charge in [-0.1, -0.05) is 32.0 Å². The summed E-state index contributed by atoms with van der Waals surface area (Å²) in [5, 5.41) is 6.25. The van der Waals surface area contributed by atoms with E-state index in [1.807, 2.05) is 58.7 Å². The van der Waals surface area contributed by atoms with E-state index in [0.29, 0.717) is 15.7 Å². The first-order valence-electron chi connectivity index (χ1n) is 7.29. The quantitative estimate of drug-likeness (QED) is 0.940. The number of para-hydroxylation sites is 1. The highest BCUT2D eigenvalue weighted by Gasteiger charge is 2.31. The fourth-order valence-corrected chi connectivity index (χ4v) is 5.57. The minimum Gasteiger partial charge on any atom is -0.322 e. The molecular weight excluding hydrogens is 298 g/mol. The van der Waals surface area contributed by atoms with E-state index in [9.17, 15) is 0 Å². The molecule has 1 aromatic heterocycles. The van der Waals surface area contributed by atoms with E-state index in [1.54, 1.807) is 0 Å². The van der Waals surface area contributed by atoms with E-state index < -0.39 is 0 Å². The van der Waals surface area contributed by atoms with Crippen molar-refractivity contribution in [1.82, 2.24) is 9.78 Å². The van der Waals surface area contributed by atoms with Gasteiger partial charge in [0.1, 0.15) is 0 Å². The third-order valence-corrected chi connectivity index (χ3v) is 7.50. The van der Waals surface area contributed by atoms with Gasteiger partial charge < -0.3 is 5.73 Å². The highest BCUT2D eigenvalue weighted by molar-refractivity contribution is 8.07. The number of hydrogen-bond acceptors (Lipinski definition) is 4. The van der Waals surface area contributed by atoms with Crippen LogP contribution >= 0.6 is 23.5 Å². The van der Waals surface area contributed by atoms with E-state index in [0.717, 1.165) is 17.1 Å². The lowest BCUT2D eigenvalue weighted by molar-refractivity contribution is 0.648. The Morgan fingerprint density at radius 1 is 1.19 bits per heavy atom. The van der Waals surface area contributed by atoms with E-state index in [-0.39, 0.29) is 6.04 Å². The highest BCUT2D eigenvalue weighted by atomic mass is 32.2. The van der Waals surface area contributed by atoms with Crippen molar-refractivity contribution in [3.8, 4) is 5.69 Å². The standard InChI is InChI=1S/C16H21N3S2/c1-11-12(2)21-15(10-20-11)16(17)14-8-9-18-19(14)13-6-4-3-5-7-13/h3-9,11-12,15-16H,10,17H2,1-2H3. The summed E-state index contributed by atoms with van der Waals surface area (Å²) >= 11 is 4.05. The smallest absolute Gasteiger partial charge is 0.0649 e. The van der Waals surface area contributed by atoms with Gasteiger partial charge in [0.2, 0.25) is 0 Å². The average molecular weight is 319 g/mol. The molecule has 0 aliphatic carbocycles. The van der Waals surface area contributed by atoms with Crippen molar-refractivity contribution in [1.29, 1.82) is 0 Å². The van der Waals surface area contributed by atoms with Gasteiger partial charge in [0.15, 0.2) is 0 Å². The fourth-order valence-electron chi connectivity index (χ4n) is 2.54. The third kappa shape index (κ3) is 3.15. The molecule has 3 rings (SSSR count). The number of thioether (sulfide) groups is 2. The molecule has 2 N–H and O–H groups in total. The first-order valence-corrected chi connectivity index (χ1v) is 9.28. The Morgan fingerprint density at radius 3 is 2.67 bits per heavy atom. The highest BCUT2D eigenvalue weighted by Crippen LogP contribution is 2.40. The molecule has 5 heteroatoms. The van der Waals surface area contributed by atoms with Gasteiger partial charge >= 0.3 is 0 Å². The van der Waals surface area contributed by atoms with Crippen LogP contribution in [0.3, 0.4) is 0 Å². The molecular formula is C16H21N3S2. The molecule has 0 amide bonds. The summed E-state index contributed by atoms with van der Waals surface area (Å²) in [5.41, 5.74) is 8.74. The van der Waals surface area contributed by atoms with Gasteiger partial charge in [-0.25, -0.2) is 4.68 Å². The van der Waals surface area contributed by atoms with Crippen molar-refractivity contribution in [2.75, 3.05) is 5.75 Å². The second-order valence-corrected chi connectivity index (χ2v) is 8.48. The van der Waals surface area contributed by atoms with Gasteiger partial charge in [0.25, 0.3) is 0 Å². The molecule has 1 aliphatic rings. The van der Waals surface area contributed by atoms with Crippen LogP contribution < -0.4 is 5.73 Å². The summed E-state index contributed by atoms with van der Waals surface area (Å²) in [6, 6.07) is 12.3. The number of hydrogen-bond donors (Lipinski definition) is 1. The topological polar surface area (TPSA) is 43.8 Å². The van der Waals surface area contributed by atoms with Crippen molar-refractivity contribution < 1.29 is 0 Å². The summed E-state index contributed by atoms with van der Waals surface area (Å²) in [6.45, 7) is 4.61. The third-order valence-electron chi connectivity index (χ3n) is 3.99. The Kier molecular flexibility index (Phi) is 4.62. The van der Waals surface area contributed by atoms with Gasteiger partial charge in [0, 0.05) is 27.7 Å². The lowest BCUT2D eigenvalue weighted by atomic mass is 10.1. The molecule has 1 fully saturated rings. The summed E-state index contributed by atoms with van der Waals surface area (Å²) in [5.74, 6) is 1.11. The second-order valence-electron chi connectivity index (χ2n) is 5.45. The molecule has 0 radical (unpaired) electrons. The van der Waals surface area contributed by atoms with E-state index in [2.05, 4.69) is 31.1 Å². The normalized spacial score (nSPS) is 27.5. The molecule has 1 aromatic carbocycles. The van der Waals surface area contributed by atoms with Gasteiger partial charge in [-0.3, -0.25) is 0 Å². The van der Waals surface area contributed by atoms with Crippen molar-refractivity contribution in [2.24, 2.45) is 5.73 Å². The zero-order chi connectivity index (χ0) is 14.8. The molecule has 4 atom stereocenters. The zero-order valence-electron chi connectivity index (χ0n) is 12.3. The number of rotatable bonds is 3. The van der Waals surface area contributed by atoms with Gasteiger partial charge in [0.05, 0.1) is 17.4 Å². The molecule has 0 spiro atoms. The van der Waals surface area contributed by atoms with Crippen LogP contribution in [0.1, 0.15) is 25.6 Å². The average Bonchev–Trinajstić information content (AvgIpc) is 2.99. The van der Waals surface area contributed by atoms with Crippen LogP contribution in [0.4, 0.5) is 0 Å². The number of nitrogens with two attached hydrogens (primary N) is 1. The van der Waals surface area contributed by atoms with Crippen LogP contribution in [0.2, 0.25) is 0 Å². The Labute approximate surface area is 134 Å². The Morgan fingerprint density at radius 2 is 1.95 bits per heavy atom. The summed E-state index contributed by atoms with van der Waals surface area (Å²) in [7, 11) is 0. The molecule has 2 aromatic rings. The zero-order valence-corrected chi connectivity index (χ0v) is 14.0. The van der Waals surface area contributed by atoms with E-state index in [4.69, 9.17) is 5.73 Å². The van der Waals surface area contributed by atoms with Crippen molar-refractivity contribution in [3.05, 3.63) is 48.3 Å². The van der Waals surface area contributed by atoms with Gasteiger partial charge in [-0.2, -0.15) is 28.6 Å². The minimum atomic E-state index is 0.0140. The van der Waals surface area contributed by atoms with Crippen molar-refractivity contribution in [2.45, 2.75) is 35.6 Å². The number of nitrogens with zero attached hydrogens (tertiary/aromatic N) is 2. The van der Waals surface area contributed by atoms with E-state index in [1.165, 1.54) is 0 Å². The van der Waals surface area contributed by atoms with Crippen LogP contribution in [0.25, 0.3) is 5.69 Å². The summed E-state index contributed by atoms with van der Waals surface area (Å²) < 4.78 is 1.97. The molecule has 4 unspecified atom stereocenters. The van der Waals surface area contributed by atoms with Crippen molar-refractivity contribution in [3.63, 3.8) is 0 Å². The monoisotopic (exact) mass is 319 g/mol. The maximum Gasteiger partial charge on any atom is 0.0649 e. The Balaban J connectivity index is 1.83. The first kappa shape index (κ1) is 15.0. The molecule has 3 nitrogen and oxygen atoms in total. The molecule has 112 valence electrons. The molecule has 1 aliphatic heterocycles.